The van der Waals surface area contributed by atoms with Gasteiger partial charge in [0.25, 0.3) is 0 Å². The molecule has 0 fully saturated rings. The second kappa shape index (κ2) is 6.06. The van der Waals surface area contributed by atoms with Crippen molar-refractivity contribution in [3.63, 3.8) is 0 Å². The molecule has 4 rings (SSSR count). The molecule has 0 aliphatic carbocycles. The van der Waals surface area contributed by atoms with E-state index in [1.165, 1.54) is 6.07 Å². The number of carbonyl (C=O) groups is 1. The molecular formula is C19H16BrFN2O. The molecule has 2 aromatic carbocycles. The van der Waals surface area contributed by atoms with Crippen LogP contribution in [0.4, 0.5) is 4.39 Å². The van der Waals surface area contributed by atoms with Gasteiger partial charge in [-0.3, -0.25) is 4.79 Å². The van der Waals surface area contributed by atoms with Crippen molar-refractivity contribution < 1.29 is 9.18 Å². The van der Waals surface area contributed by atoms with Crippen molar-refractivity contribution >= 4 is 32.7 Å². The third-order valence-electron chi connectivity index (χ3n) is 4.53. The first-order valence-corrected chi connectivity index (χ1v) is 8.70. The molecule has 0 spiro atoms. The highest BCUT2D eigenvalue weighted by atomic mass is 79.9. The molecule has 3 aromatic rings. The fourth-order valence-electron chi connectivity index (χ4n) is 3.36. The van der Waals surface area contributed by atoms with Gasteiger partial charge in [0, 0.05) is 27.6 Å². The van der Waals surface area contributed by atoms with Gasteiger partial charge in [-0.15, -0.1) is 0 Å². The molecule has 2 heterocycles. The van der Waals surface area contributed by atoms with Gasteiger partial charge in [-0.25, -0.2) is 4.39 Å². The minimum Gasteiger partial charge on any atom is -0.357 e. The van der Waals surface area contributed by atoms with Crippen LogP contribution in [-0.2, 0) is 24.2 Å². The first kappa shape index (κ1) is 15.4. The summed E-state index contributed by atoms with van der Waals surface area (Å²) in [6, 6.07) is 12.6. The molecule has 1 aliphatic heterocycles. The topological polar surface area (TPSA) is 36.1 Å². The van der Waals surface area contributed by atoms with E-state index in [-0.39, 0.29) is 11.7 Å². The van der Waals surface area contributed by atoms with E-state index in [0.717, 1.165) is 38.6 Å². The third-order valence-corrected chi connectivity index (χ3v) is 5.03. The van der Waals surface area contributed by atoms with Crippen LogP contribution in [0.5, 0.6) is 0 Å². The zero-order valence-electron chi connectivity index (χ0n) is 13.0. The summed E-state index contributed by atoms with van der Waals surface area (Å²) in [7, 11) is 0. The maximum absolute atomic E-state index is 13.5. The Labute approximate surface area is 147 Å². The van der Waals surface area contributed by atoms with Crippen molar-refractivity contribution in [2.45, 2.75) is 19.4 Å². The fourth-order valence-corrected chi connectivity index (χ4v) is 3.81. The van der Waals surface area contributed by atoms with Crippen molar-refractivity contribution in [3.05, 3.63) is 69.6 Å². The summed E-state index contributed by atoms with van der Waals surface area (Å²) in [6.45, 7) is 1.22. The summed E-state index contributed by atoms with van der Waals surface area (Å²) in [6.07, 6.45) is 1.15. The molecule has 1 amide bonds. The van der Waals surface area contributed by atoms with Crippen molar-refractivity contribution in [2.24, 2.45) is 0 Å². The maximum Gasteiger partial charge on any atom is 0.227 e. The number of H-pyrrole nitrogens is 1. The monoisotopic (exact) mass is 386 g/mol. The maximum atomic E-state index is 13.5. The largest absolute Gasteiger partial charge is 0.357 e. The number of carbonyl (C=O) groups excluding carboxylic acids is 1. The van der Waals surface area contributed by atoms with E-state index in [1.54, 1.807) is 12.1 Å². The van der Waals surface area contributed by atoms with Crippen molar-refractivity contribution in [3.8, 4) is 0 Å². The quantitative estimate of drug-likeness (QED) is 0.703. The highest BCUT2D eigenvalue weighted by Crippen LogP contribution is 2.28. The fraction of sp³-hybridized carbons (Fsp3) is 0.211. The van der Waals surface area contributed by atoms with Crippen LogP contribution in [-0.4, -0.2) is 22.3 Å². The minimum atomic E-state index is -0.225. The number of hydrogen-bond donors (Lipinski definition) is 1. The molecule has 0 bridgehead atoms. The van der Waals surface area contributed by atoms with Crippen LogP contribution in [0.2, 0.25) is 0 Å². The van der Waals surface area contributed by atoms with Crippen LogP contribution in [0, 0.1) is 5.82 Å². The second-order valence-electron chi connectivity index (χ2n) is 6.14. The van der Waals surface area contributed by atoms with Gasteiger partial charge in [0.2, 0.25) is 5.91 Å². The molecule has 5 heteroatoms. The lowest BCUT2D eigenvalue weighted by molar-refractivity contribution is -0.131. The average molecular weight is 387 g/mol. The van der Waals surface area contributed by atoms with Crippen molar-refractivity contribution in [1.82, 2.24) is 9.88 Å². The van der Waals surface area contributed by atoms with E-state index in [9.17, 15) is 9.18 Å². The van der Waals surface area contributed by atoms with Crippen molar-refractivity contribution in [1.29, 1.82) is 0 Å². The number of halogens is 2. The van der Waals surface area contributed by atoms with Gasteiger partial charge < -0.3 is 9.88 Å². The van der Waals surface area contributed by atoms with E-state index in [4.69, 9.17) is 0 Å². The molecule has 0 saturated carbocycles. The lowest BCUT2D eigenvalue weighted by Gasteiger charge is -2.27. The zero-order chi connectivity index (χ0) is 16.7. The van der Waals surface area contributed by atoms with Gasteiger partial charge in [0.15, 0.2) is 0 Å². The second-order valence-corrected chi connectivity index (χ2v) is 7.06. The Morgan fingerprint density at radius 1 is 1.25 bits per heavy atom. The van der Waals surface area contributed by atoms with E-state index in [2.05, 4.69) is 20.9 Å². The predicted octanol–water partition coefficient (Wildman–Crippen LogP) is 4.20. The Morgan fingerprint density at radius 3 is 2.96 bits per heavy atom. The van der Waals surface area contributed by atoms with Crippen LogP contribution >= 0.6 is 15.9 Å². The minimum absolute atomic E-state index is 0.114. The Balaban J connectivity index is 1.55. The lowest BCUT2D eigenvalue weighted by atomic mass is 10.0. The summed E-state index contributed by atoms with van der Waals surface area (Å²) >= 11 is 3.43. The zero-order valence-corrected chi connectivity index (χ0v) is 14.6. The molecule has 1 aliphatic rings. The van der Waals surface area contributed by atoms with Gasteiger partial charge in [0.05, 0.1) is 13.0 Å². The first-order valence-electron chi connectivity index (χ1n) is 7.91. The molecule has 3 nitrogen and oxygen atoms in total. The Bertz CT molecular complexity index is 934. The number of fused-ring (bicyclic) bond motifs is 3. The standard InChI is InChI=1S/C19H16BrFN2O/c20-13-3-1-2-12(8-13)9-19(24)23-7-6-15-16-10-14(21)4-5-17(16)22-18(15)11-23/h1-5,8,10,22H,6-7,9,11H2. The molecule has 0 unspecified atom stereocenters. The molecule has 0 saturated heterocycles. The average Bonchev–Trinajstić information content (AvgIpc) is 2.92. The van der Waals surface area contributed by atoms with E-state index in [1.807, 2.05) is 29.2 Å². The summed E-state index contributed by atoms with van der Waals surface area (Å²) in [5, 5.41) is 0.934. The molecule has 122 valence electrons. The summed E-state index contributed by atoms with van der Waals surface area (Å²) < 4.78 is 14.5. The van der Waals surface area contributed by atoms with Gasteiger partial charge in [0.1, 0.15) is 5.82 Å². The lowest BCUT2D eigenvalue weighted by Crippen LogP contribution is -2.36. The Hall–Kier alpha value is -2.14. The highest BCUT2D eigenvalue weighted by Gasteiger charge is 2.24. The van der Waals surface area contributed by atoms with Gasteiger partial charge in [-0.1, -0.05) is 28.1 Å². The number of aromatic amines is 1. The number of benzene rings is 2. The molecule has 1 N–H and O–H groups in total. The van der Waals surface area contributed by atoms with E-state index < -0.39 is 0 Å². The third kappa shape index (κ3) is 2.84. The van der Waals surface area contributed by atoms with Crippen LogP contribution in [0.15, 0.2) is 46.9 Å². The SMILES string of the molecule is O=C(Cc1cccc(Br)c1)N1CCc2c([nH]c3ccc(F)cc23)C1. The summed E-state index contributed by atoms with van der Waals surface area (Å²) in [5.74, 6) is -0.110. The normalized spacial score (nSPS) is 14.0. The van der Waals surface area contributed by atoms with E-state index >= 15 is 0 Å². The van der Waals surface area contributed by atoms with Crippen molar-refractivity contribution in [2.75, 3.05) is 6.54 Å². The van der Waals surface area contributed by atoms with Gasteiger partial charge in [-0.05, 0) is 47.9 Å². The summed E-state index contributed by atoms with van der Waals surface area (Å²) in [5.41, 5.74) is 4.09. The van der Waals surface area contributed by atoms with Crippen LogP contribution < -0.4 is 0 Å². The Morgan fingerprint density at radius 2 is 2.12 bits per heavy atom. The number of nitrogens with one attached hydrogen (secondary N) is 1. The predicted molar refractivity (Wildman–Crippen MR) is 95.2 cm³/mol. The molecule has 0 atom stereocenters. The molecule has 1 aromatic heterocycles. The number of hydrogen-bond acceptors (Lipinski definition) is 1. The number of amides is 1. The number of aromatic nitrogens is 1. The molecular weight excluding hydrogens is 371 g/mol. The molecule has 24 heavy (non-hydrogen) atoms. The number of nitrogens with zero attached hydrogens (tertiary/aromatic N) is 1. The Kier molecular flexibility index (Phi) is 3.88. The van der Waals surface area contributed by atoms with Crippen LogP contribution in [0.3, 0.4) is 0 Å². The van der Waals surface area contributed by atoms with Gasteiger partial charge >= 0.3 is 0 Å². The number of rotatable bonds is 2. The van der Waals surface area contributed by atoms with Crippen LogP contribution in [0.1, 0.15) is 16.8 Å². The van der Waals surface area contributed by atoms with Crippen LogP contribution in [0.25, 0.3) is 10.9 Å². The highest BCUT2D eigenvalue weighted by molar-refractivity contribution is 9.10. The molecule has 0 radical (unpaired) electrons. The van der Waals surface area contributed by atoms with Gasteiger partial charge in [-0.2, -0.15) is 0 Å². The van der Waals surface area contributed by atoms with E-state index in [0.29, 0.717) is 19.5 Å². The summed E-state index contributed by atoms with van der Waals surface area (Å²) in [4.78, 5) is 17.8. The smallest absolute Gasteiger partial charge is 0.227 e. The first-order chi connectivity index (χ1) is 11.6.